The highest BCUT2D eigenvalue weighted by Gasteiger charge is 2.32. The van der Waals surface area contributed by atoms with Gasteiger partial charge in [0.05, 0.1) is 24.1 Å². The van der Waals surface area contributed by atoms with Crippen LogP contribution in [0.4, 0.5) is 5.69 Å². The molecule has 6 nitrogen and oxygen atoms in total. The van der Waals surface area contributed by atoms with Gasteiger partial charge in [0.25, 0.3) is 0 Å². The number of fused-ring (bicyclic) bond motifs is 1. The Morgan fingerprint density at radius 3 is 2.69 bits per heavy atom. The van der Waals surface area contributed by atoms with E-state index in [2.05, 4.69) is 4.98 Å². The van der Waals surface area contributed by atoms with Crippen LogP contribution in [0.3, 0.4) is 0 Å². The number of carbonyl (C=O) groups is 1. The molecule has 1 aromatic heterocycles. The molecule has 26 heavy (non-hydrogen) atoms. The summed E-state index contributed by atoms with van der Waals surface area (Å²) in [4.78, 5) is 16.2. The molecule has 2 aromatic rings. The van der Waals surface area contributed by atoms with Crippen molar-refractivity contribution in [1.82, 2.24) is 4.98 Å². The predicted octanol–water partition coefficient (Wildman–Crippen LogP) is 2.58. The Labute approximate surface area is 153 Å². The van der Waals surface area contributed by atoms with Crippen LogP contribution < -0.4 is 4.31 Å². The summed E-state index contributed by atoms with van der Waals surface area (Å²) in [7, 11) is -3.33. The van der Waals surface area contributed by atoms with E-state index in [4.69, 9.17) is 4.74 Å². The fraction of sp³-hybridized carbons (Fsp3) is 0.368. The molecule has 1 aromatic carbocycles. The smallest absolute Gasteiger partial charge is 0.338 e. The Bertz CT molecular complexity index is 897. The number of nitrogens with zero attached hydrogens (tertiary/aromatic N) is 2. The minimum absolute atomic E-state index is 0.147. The number of pyridine rings is 1. The molecule has 1 aliphatic rings. The second-order valence-corrected chi connectivity index (χ2v) is 8.41. The summed E-state index contributed by atoms with van der Waals surface area (Å²) in [6.07, 6.45) is 6.83. The number of anilines is 1. The van der Waals surface area contributed by atoms with Crippen molar-refractivity contribution >= 4 is 21.7 Å². The van der Waals surface area contributed by atoms with Crippen molar-refractivity contribution in [1.29, 1.82) is 0 Å². The summed E-state index contributed by atoms with van der Waals surface area (Å²) in [5.74, 6) is -0.381. The lowest BCUT2D eigenvalue weighted by Crippen LogP contribution is -2.34. The number of hydrogen-bond acceptors (Lipinski definition) is 5. The van der Waals surface area contributed by atoms with Crippen LogP contribution in [0.15, 0.2) is 42.7 Å². The molecule has 3 rings (SSSR count). The molecule has 0 radical (unpaired) electrons. The third-order valence-corrected chi connectivity index (χ3v) is 5.69. The van der Waals surface area contributed by atoms with Crippen molar-refractivity contribution in [2.75, 3.05) is 17.2 Å². The molecule has 0 amide bonds. The fourth-order valence-electron chi connectivity index (χ4n) is 3.31. The molecule has 0 bridgehead atoms. The van der Waals surface area contributed by atoms with Crippen molar-refractivity contribution in [3.8, 4) is 0 Å². The zero-order valence-corrected chi connectivity index (χ0v) is 15.7. The molecule has 0 spiro atoms. The molecule has 1 atom stereocenters. The molecule has 7 heteroatoms. The van der Waals surface area contributed by atoms with Gasteiger partial charge in [-0.1, -0.05) is 0 Å². The van der Waals surface area contributed by atoms with Gasteiger partial charge in [0.15, 0.2) is 0 Å². The first-order chi connectivity index (χ1) is 12.4. The van der Waals surface area contributed by atoms with Crippen LogP contribution in [0.2, 0.25) is 0 Å². The fourth-order valence-corrected chi connectivity index (χ4v) is 4.57. The molecular formula is C19H22N2O4S. The molecule has 0 saturated heterocycles. The number of aryl methyl sites for hydroxylation is 1. The van der Waals surface area contributed by atoms with Gasteiger partial charge < -0.3 is 4.74 Å². The number of rotatable bonds is 6. The molecule has 2 heterocycles. The first-order valence-corrected chi connectivity index (χ1v) is 10.4. The molecule has 0 fully saturated rings. The normalized spacial score (nSPS) is 16.4. The molecule has 0 aliphatic carbocycles. The van der Waals surface area contributed by atoms with E-state index in [0.717, 1.165) is 24.0 Å². The Hall–Kier alpha value is -2.41. The van der Waals surface area contributed by atoms with Crippen LogP contribution in [0.5, 0.6) is 0 Å². The van der Waals surface area contributed by atoms with Gasteiger partial charge in [-0.25, -0.2) is 13.2 Å². The van der Waals surface area contributed by atoms with E-state index in [1.807, 2.05) is 19.1 Å². The van der Waals surface area contributed by atoms with Crippen LogP contribution in [0.25, 0.3) is 0 Å². The highest BCUT2D eigenvalue weighted by atomic mass is 32.2. The van der Waals surface area contributed by atoms with E-state index >= 15 is 0 Å². The standard InChI is InChI=1S/C19H22N2O4S/c1-14-12-17-13-16(5-6-18(17)21(14)26(2,23)24)19(22)25-11-3-4-15-7-9-20-10-8-15/h5-10,13-14H,3-4,11-12H2,1-2H3. The topological polar surface area (TPSA) is 76.6 Å². The van der Waals surface area contributed by atoms with Crippen molar-refractivity contribution in [2.24, 2.45) is 0 Å². The van der Waals surface area contributed by atoms with Crippen LogP contribution in [0.1, 0.15) is 34.8 Å². The van der Waals surface area contributed by atoms with Crippen molar-refractivity contribution < 1.29 is 17.9 Å². The Balaban J connectivity index is 1.60. The molecule has 138 valence electrons. The van der Waals surface area contributed by atoms with Crippen LogP contribution in [0, 0.1) is 0 Å². The van der Waals surface area contributed by atoms with Gasteiger partial charge in [-0.2, -0.15) is 0 Å². The third kappa shape index (κ3) is 4.04. The Morgan fingerprint density at radius 2 is 2.00 bits per heavy atom. The maximum atomic E-state index is 12.3. The second kappa shape index (κ2) is 7.45. The molecule has 0 N–H and O–H groups in total. The van der Waals surface area contributed by atoms with E-state index < -0.39 is 10.0 Å². The highest BCUT2D eigenvalue weighted by molar-refractivity contribution is 7.92. The van der Waals surface area contributed by atoms with Crippen molar-refractivity contribution in [2.45, 2.75) is 32.2 Å². The first kappa shape index (κ1) is 18.4. The monoisotopic (exact) mass is 374 g/mol. The molecular weight excluding hydrogens is 352 g/mol. The quantitative estimate of drug-likeness (QED) is 0.574. The van der Waals surface area contributed by atoms with E-state index in [1.165, 1.54) is 10.6 Å². The average molecular weight is 374 g/mol. The third-order valence-electron chi connectivity index (χ3n) is 4.42. The second-order valence-electron chi connectivity index (χ2n) is 6.55. The maximum absolute atomic E-state index is 12.3. The summed E-state index contributed by atoms with van der Waals surface area (Å²) < 4.78 is 30.6. The van der Waals surface area contributed by atoms with Gasteiger partial charge in [0.1, 0.15) is 0 Å². The van der Waals surface area contributed by atoms with Crippen LogP contribution >= 0.6 is 0 Å². The van der Waals surface area contributed by atoms with E-state index in [-0.39, 0.29) is 12.0 Å². The van der Waals surface area contributed by atoms with E-state index in [1.54, 1.807) is 30.6 Å². The Kier molecular flexibility index (Phi) is 5.27. The van der Waals surface area contributed by atoms with Gasteiger partial charge >= 0.3 is 5.97 Å². The SMILES string of the molecule is CC1Cc2cc(C(=O)OCCCc3ccncc3)ccc2N1S(C)(=O)=O. The summed E-state index contributed by atoms with van der Waals surface area (Å²) in [6.45, 7) is 2.20. The maximum Gasteiger partial charge on any atom is 0.338 e. The highest BCUT2D eigenvalue weighted by Crippen LogP contribution is 2.34. The zero-order valence-electron chi connectivity index (χ0n) is 14.9. The lowest BCUT2D eigenvalue weighted by Gasteiger charge is -2.21. The van der Waals surface area contributed by atoms with Gasteiger partial charge in [0.2, 0.25) is 10.0 Å². The van der Waals surface area contributed by atoms with Crippen molar-refractivity contribution in [3.05, 3.63) is 59.4 Å². The summed E-state index contributed by atoms with van der Waals surface area (Å²) >= 11 is 0. The number of sulfonamides is 1. The molecule has 1 unspecified atom stereocenters. The summed E-state index contributed by atoms with van der Waals surface area (Å²) in [5, 5.41) is 0. The number of esters is 1. The minimum Gasteiger partial charge on any atom is -0.462 e. The Morgan fingerprint density at radius 1 is 1.27 bits per heavy atom. The van der Waals surface area contributed by atoms with Crippen LogP contribution in [-0.4, -0.2) is 38.3 Å². The number of aromatic nitrogens is 1. The number of benzene rings is 1. The lowest BCUT2D eigenvalue weighted by molar-refractivity contribution is 0.0500. The van der Waals surface area contributed by atoms with E-state index in [0.29, 0.717) is 24.3 Å². The summed E-state index contributed by atoms with van der Waals surface area (Å²) in [6, 6.07) is 8.79. The van der Waals surface area contributed by atoms with Gasteiger partial charge in [-0.3, -0.25) is 9.29 Å². The van der Waals surface area contributed by atoms with E-state index in [9.17, 15) is 13.2 Å². The van der Waals surface area contributed by atoms with Gasteiger partial charge in [-0.15, -0.1) is 0 Å². The number of ether oxygens (including phenoxy) is 1. The predicted molar refractivity (Wildman–Crippen MR) is 99.8 cm³/mol. The minimum atomic E-state index is -3.33. The average Bonchev–Trinajstić information content (AvgIpc) is 2.94. The van der Waals surface area contributed by atoms with Crippen molar-refractivity contribution in [3.63, 3.8) is 0 Å². The number of carbonyl (C=O) groups excluding carboxylic acids is 1. The largest absolute Gasteiger partial charge is 0.462 e. The number of hydrogen-bond donors (Lipinski definition) is 0. The van der Waals surface area contributed by atoms with Gasteiger partial charge in [-0.05, 0) is 67.6 Å². The molecule has 1 aliphatic heterocycles. The van der Waals surface area contributed by atoms with Crippen LogP contribution in [-0.2, 0) is 27.6 Å². The summed E-state index contributed by atoms with van der Waals surface area (Å²) in [5.41, 5.74) is 3.11. The zero-order chi connectivity index (χ0) is 18.7. The lowest BCUT2D eigenvalue weighted by atomic mass is 10.1. The van der Waals surface area contributed by atoms with Gasteiger partial charge in [0, 0.05) is 18.4 Å². The first-order valence-electron chi connectivity index (χ1n) is 8.54. The molecule has 0 saturated carbocycles.